The average Bonchev–Trinajstić information content (AvgIpc) is 2.74. The number of anilines is 1. The number of fused-ring (bicyclic) bond motifs is 1. The lowest BCUT2D eigenvalue weighted by Crippen LogP contribution is -2.40. The first-order valence-corrected chi connectivity index (χ1v) is 6.44. The van der Waals surface area contributed by atoms with Crippen LogP contribution in [0.5, 0.6) is 0 Å². The molecule has 2 atom stereocenters. The predicted molar refractivity (Wildman–Crippen MR) is 66.4 cm³/mol. The molecular weight excluding hydrogens is 238 g/mol. The third-order valence-corrected chi connectivity index (χ3v) is 3.87. The monoisotopic (exact) mass is 253 g/mol. The van der Waals surface area contributed by atoms with E-state index in [1.54, 1.807) is 0 Å². The molecule has 0 radical (unpaired) electrons. The van der Waals surface area contributed by atoms with E-state index < -0.39 is 0 Å². The first kappa shape index (κ1) is 11.2. The van der Waals surface area contributed by atoms with Crippen LogP contribution in [0.25, 0.3) is 0 Å². The molecule has 0 N–H and O–H groups in total. The van der Waals surface area contributed by atoms with Crippen LogP contribution in [0.4, 0.5) is 5.82 Å². The molecule has 0 aromatic carbocycles. The maximum Gasteiger partial charge on any atom is 0.134 e. The van der Waals surface area contributed by atoms with Gasteiger partial charge in [-0.1, -0.05) is 11.6 Å². The summed E-state index contributed by atoms with van der Waals surface area (Å²) in [5.74, 6) is 3.08. The van der Waals surface area contributed by atoms with Crippen LogP contribution in [-0.4, -0.2) is 36.3 Å². The lowest BCUT2D eigenvalue weighted by atomic mass is 9.89. The van der Waals surface area contributed by atoms with Gasteiger partial charge in [-0.05, 0) is 19.3 Å². The number of piperidine rings is 1. The number of hydrogen-bond donors (Lipinski definition) is 0. The maximum atomic E-state index is 5.98. The molecule has 92 valence electrons. The Morgan fingerprint density at radius 3 is 3.00 bits per heavy atom. The molecule has 1 aromatic rings. The minimum absolute atomic E-state index is 0.525. The number of nitrogens with zero attached hydrogens (tertiary/aromatic N) is 3. The van der Waals surface area contributed by atoms with Gasteiger partial charge in [0.1, 0.15) is 16.8 Å². The summed E-state index contributed by atoms with van der Waals surface area (Å²) in [5, 5.41) is 0.525. The Morgan fingerprint density at radius 1 is 1.35 bits per heavy atom. The molecule has 2 aliphatic rings. The number of aryl methyl sites for hydroxylation is 1. The van der Waals surface area contributed by atoms with Crippen molar-refractivity contribution in [2.75, 3.05) is 31.2 Å². The second-order valence-corrected chi connectivity index (χ2v) is 5.28. The zero-order valence-electron chi connectivity index (χ0n) is 9.90. The third-order valence-electron chi connectivity index (χ3n) is 3.67. The number of aromatic nitrogens is 2. The first-order valence-electron chi connectivity index (χ1n) is 6.06. The predicted octanol–water partition coefficient (Wildman–Crippen LogP) is 1.91. The highest BCUT2D eigenvalue weighted by atomic mass is 35.5. The van der Waals surface area contributed by atoms with Gasteiger partial charge < -0.3 is 9.64 Å². The van der Waals surface area contributed by atoms with Gasteiger partial charge in [0, 0.05) is 31.7 Å². The lowest BCUT2D eigenvalue weighted by Gasteiger charge is -2.34. The fourth-order valence-electron chi connectivity index (χ4n) is 2.75. The van der Waals surface area contributed by atoms with Crippen molar-refractivity contribution in [1.82, 2.24) is 9.97 Å². The molecule has 17 heavy (non-hydrogen) atoms. The van der Waals surface area contributed by atoms with Gasteiger partial charge in [-0.2, -0.15) is 0 Å². The van der Waals surface area contributed by atoms with Gasteiger partial charge in [-0.25, -0.2) is 9.97 Å². The lowest BCUT2D eigenvalue weighted by molar-refractivity contribution is 0.182. The van der Waals surface area contributed by atoms with Crippen molar-refractivity contribution in [1.29, 1.82) is 0 Å². The SMILES string of the molecule is Cc1nc(Cl)cc(N2CC[C@H]3COC[C@@H]3C2)n1. The second kappa shape index (κ2) is 4.42. The van der Waals surface area contributed by atoms with Gasteiger partial charge >= 0.3 is 0 Å². The van der Waals surface area contributed by atoms with Gasteiger partial charge in [0.05, 0.1) is 6.61 Å². The Morgan fingerprint density at radius 2 is 2.18 bits per heavy atom. The van der Waals surface area contributed by atoms with Gasteiger partial charge in [0.25, 0.3) is 0 Å². The molecule has 5 heteroatoms. The van der Waals surface area contributed by atoms with Crippen LogP contribution < -0.4 is 4.90 Å². The Kier molecular flexibility index (Phi) is 2.92. The topological polar surface area (TPSA) is 38.2 Å². The average molecular weight is 254 g/mol. The molecule has 0 amide bonds. The molecule has 3 rings (SSSR count). The quantitative estimate of drug-likeness (QED) is 0.717. The zero-order chi connectivity index (χ0) is 11.8. The molecule has 0 aliphatic carbocycles. The Balaban J connectivity index is 1.80. The molecule has 2 aliphatic heterocycles. The van der Waals surface area contributed by atoms with Gasteiger partial charge in [0.2, 0.25) is 0 Å². The van der Waals surface area contributed by atoms with Crippen LogP contribution in [0.15, 0.2) is 6.07 Å². The molecule has 0 saturated carbocycles. The largest absolute Gasteiger partial charge is 0.381 e. The highest BCUT2D eigenvalue weighted by Crippen LogP contribution is 2.31. The van der Waals surface area contributed by atoms with E-state index in [4.69, 9.17) is 16.3 Å². The standard InChI is InChI=1S/C12H16ClN3O/c1-8-14-11(13)4-12(15-8)16-3-2-9-6-17-7-10(9)5-16/h4,9-10H,2-3,5-7H2,1H3/t9-,10-/m0/s1. The smallest absolute Gasteiger partial charge is 0.134 e. The molecule has 2 fully saturated rings. The van der Waals surface area contributed by atoms with E-state index in [-0.39, 0.29) is 0 Å². The summed E-state index contributed by atoms with van der Waals surface area (Å²) in [6.45, 7) is 5.76. The summed E-state index contributed by atoms with van der Waals surface area (Å²) in [6, 6.07) is 1.85. The van der Waals surface area contributed by atoms with E-state index in [9.17, 15) is 0 Å². The summed E-state index contributed by atoms with van der Waals surface area (Å²) >= 11 is 5.98. The minimum Gasteiger partial charge on any atom is -0.381 e. The van der Waals surface area contributed by atoms with Crippen LogP contribution in [0.2, 0.25) is 5.15 Å². The van der Waals surface area contributed by atoms with Crippen LogP contribution in [-0.2, 0) is 4.74 Å². The van der Waals surface area contributed by atoms with Crippen LogP contribution >= 0.6 is 11.6 Å². The van der Waals surface area contributed by atoms with Gasteiger partial charge in [0.15, 0.2) is 0 Å². The molecule has 3 heterocycles. The molecule has 0 spiro atoms. The van der Waals surface area contributed by atoms with Crippen LogP contribution in [0.3, 0.4) is 0 Å². The van der Waals surface area contributed by atoms with Gasteiger partial charge in [-0.15, -0.1) is 0 Å². The Labute approximate surface area is 106 Å². The summed E-state index contributed by atoms with van der Waals surface area (Å²) in [7, 11) is 0. The molecular formula is C12H16ClN3O. The molecule has 0 unspecified atom stereocenters. The molecule has 2 saturated heterocycles. The summed E-state index contributed by atoms with van der Waals surface area (Å²) < 4.78 is 5.54. The molecule has 1 aromatic heterocycles. The van der Waals surface area contributed by atoms with Crippen LogP contribution in [0.1, 0.15) is 12.2 Å². The third kappa shape index (κ3) is 2.24. The van der Waals surface area contributed by atoms with E-state index in [2.05, 4.69) is 14.9 Å². The van der Waals surface area contributed by atoms with E-state index in [1.807, 2.05) is 13.0 Å². The number of hydrogen-bond acceptors (Lipinski definition) is 4. The Bertz CT molecular complexity index is 406. The highest BCUT2D eigenvalue weighted by molar-refractivity contribution is 6.29. The van der Waals surface area contributed by atoms with Crippen molar-refractivity contribution in [3.63, 3.8) is 0 Å². The van der Waals surface area contributed by atoms with Crippen molar-refractivity contribution in [2.45, 2.75) is 13.3 Å². The minimum atomic E-state index is 0.525. The Hall–Kier alpha value is -0.870. The summed E-state index contributed by atoms with van der Waals surface area (Å²) in [5.41, 5.74) is 0. The zero-order valence-corrected chi connectivity index (χ0v) is 10.7. The fourth-order valence-corrected chi connectivity index (χ4v) is 2.97. The number of halogens is 1. The van der Waals surface area contributed by atoms with E-state index >= 15 is 0 Å². The normalized spacial score (nSPS) is 28.2. The summed E-state index contributed by atoms with van der Waals surface area (Å²) in [6.07, 6.45) is 1.19. The maximum absolute atomic E-state index is 5.98. The van der Waals surface area contributed by atoms with Crippen molar-refractivity contribution >= 4 is 17.4 Å². The molecule has 4 nitrogen and oxygen atoms in total. The number of ether oxygens (including phenoxy) is 1. The van der Waals surface area contributed by atoms with Gasteiger partial charge in [-0.3, -0.25) is 0 Å². The first-order chi connectivity index (χ1) is 8.22. The van der Waals surface area contributed by atoms with Crippen molar-refractivity contribution < 1.29 is 4.74 Å². The van der Waals surface area contributed by atoms with E-state index in [0.717, 1.165) is 43.9 Å². The van der Waals surface area contributed by atoms with E-state index in [1.165, 1.54) is 6.42 Å². The van der Waals surface area contributed by atoms with E-state index in [0.29, 0.717) is 11.1 Å². The fraction of sp³-hybridized carbons (Fsp3) is 0.667. The summed E-state index contributed by atoms with van der Waals surface area (Å²) in [4.78, 5) is 10.9. The van der Waals surface area contributed by atoms with Crippen LogP contribution in [0, 0.1) is 18.8 Å². The van der Waals surface area contributed by atoms with Crippen molar-refractivity contribution in [3.8, 4) is 0 Å². The highest BCUT2D eigenvalue weighted by Gasteiger charge is 2.34. The second-order valence-electron chi connectivity index (χ2n) is 4.89. The van der Waals surface area contributed by atoms with Crippen molar-refractivity contribution in [3.05, 3.63) is 17.0 Å². The number of rotatable bonds is 1. The van der Waals surface area contributed by atoms with Crippen molar-refractivity contribution in [2.24, 2.45) is 11.8 Å². The molecule has 0 bridgehead atoms.